The second-order valence-corrected chi connectivity index (χ2v) is 9.95. The van der Waals surface area contributed by atoms with E-state index in [1.165, 1.54) is 24.4 Å². The highest BCUT2D eigenvalue weighted by molar-refractivity contribution is 5.94. The molecule has 5 rings (SSSR count). The van der Waals surface area contributed by atoms with Crippen molar-refractivity contribution >= 4 is 5.78 Å². The number of aromatic nitrogens is 4. The number of nitrogens with zero attached hydrogens (tertiary/aromatic N) is 4. The molecule has 2 aliphatic rings. The number of Topliss-reactive ketones (excluding diaryl/α,β-unsaturated/α-hetero) is 1. The molecule has 1 fully saturated rings. The molecule has 0 aliphatic heterocycles. The Labute approximate surface area is 196 Å². The van der Waals surface area contributed by atoms with Gasteiger partial charge in [-0.3, -0.25) is 9.78 Å². The van der Waals surface area contributed by atoms with Gasteiger partial charge in [-0.25, -0.2) is 13.8 Å². The zero-order valence-electron chi connectivity index (χ0n) is 19.3. The summed E-state index contributed by atoms with van der Waals surface area (Å²) in [6.45, 7) is 5.92. The second kappa shape index (κ2) is 7.98. The van der Waals surface area contributed by atoms with E-state index in [4.69, 9.17) is 4.98 Å². The van der Waals surface area contributed by atoms with Crippen molar-refractivity contribution in [2.45, 2.75) is 63.9 Å². The quantitative estimate of drug-likeness (QED) is 0.529. The first-order valence-electron chi connectivity index (χ1n) is 11.5. The SMILES string of the molecule is C[C@@H](O)CCC(=O)c1cncc([C@]23CC[C@H](c4cc(-c5c(F)cccc5F)nnc42)C3(C)C)n1. The maximum absolute atomic E-state index is 14.4. The fraction of sp³-hybridized carbons (Fsp3) is 0.423. The van der Waals surface area contributed by atoms with Gasteiger partial charge in [-0.05, 0) is 61.3 Å². The molecular formula is C26H26F2N4O2. The smallest absolute Gasteiger partial charge is 0.182 e. The van der Waals surface area contributed by atoms with Gasteiger partial charge in [0.05, 0.1) is 40.4 Å². The minimum absolute atomic E-state index is 0.1000. The van der Waals surface area contributed by atoms with Crippen LogP contribution in [0.1, 0.15) is 79.8 Å². The van der Waals surface area contributed by atoms with E-state index in [9.17, 15) is 18.7 Å². The normalized spacial score (nSPS) is 23.1. The summed E-state index contributed by atoms with van der Waals surface area (Å²) in [6.07, 6.45) is 4.72. The van der Waals surface area contributed by atoms with Crippen LogP contribution in [0.5, 0.6) is 0 Å². The molecule has 34 heavy (non-hydrogen) atoms. The Balaban J connectivity index is 1.61. The average molecular weight is 465 g/mol. The molecule has 0 amide bonds. The highest BCUT2D eigenvalue weighted by Gasteiger charge is 2.65. The van der Waals surface area contributed by atoms with Gasteiger partial charge >= 0.3 is 0 Å². The predicted octanol–water partition coefficient (Wildman–Crippen LogP) is 4.76. The van der Waals surface area contributed by atoms with Gasteiger partial charge in [-0.1, -0.05) is 19.9 Å². The van der Waals surface area contributed by atoms with Crippen LogP contribution < -0.4 is 0 Å². The van der Waals surface area contributed by atoms with Gasteiger partial charge in [0.25, 0.3) is 0 Å². The fourth-order valence-corrected chi connectivity index (χ4v) is 5.93. The molecule has 0 saturated heterocycles. The van der Waals surface area contributed by atoms with Crippen molar-refractivity contribution in [3.8, 4) is 11.3 Å². The zero-order valence-corrected chi connectivity index (χ0v) is 19.3. The first-order valence-corrected chi connectivity index (χ1v) is 11.5. The molecule has 2 aliphatic carbocycles. The zero-order chi connectivity index (χ0) is 24.3. The lowest BCUT2D eigenvalue weighted by Crippen LogP contribution is -2.38. The Morgan fingerprint density at radius 2 is 1.94 bits per heavy atom. The van der Waals surface area contributed by atoms with Gasteiger partial charge < -0.3 is 5.11 Å². The van der Waals surface area contributed by atoms with Crippen molar-refractivity contribution in [3.63, 3.8) is 0 Å². The van der Waals surface area contributed by atoms with Crippen LogP contribution in [-0.2, 0) is 5.41 Å². The summed E-state index contributed by atoms with van der Waals surface area (Å²) < 4.78 is 28.9. The summed E-state index contributed by atoms with van der Waals surface area (Å²) in [7, 11) is 0. The Morgan fingerprint density at radius 3 is 2.65 bits per heavy atom. The van der Waals surface area contributed by atoms with Gasteiger partial charge in [0, 0.05) is 12.6 Å². The molecule has 2 aromatic heterocycles. The third-order valence-electron chi connectivity index (χ3n) is 7.75. The van der Waals surface area contributed by atoms with E-state index in [1.54, 1.807) is 19.2 Å². The van der Waals surface area contributed by atoms with Crippen molar-refractivity contribution < 1.29 is 18.7 Å². The maximum atomic E-state index is 14.4. The average Bonchev–Trinajstić information content (AvgIpc) is 3.18. The summed E-state index contributed by atoms with van der Waals surface area (Å²) in [5.41, 5.74) is 1.62. The largest absolute Gasteiger partial charge is 0.393 e. The number of carbonyl (C=O) groups excluding carboxylic acids is 1. The van der Waals surface area contributed by atoms with E-state index in [1.807, 2.05) is 0 Å². The standard InChI is InChI=1S/C26H26F2N4O2/c1-14(33)7-8-21(34)20-12-29-13-22(30-20)26-10-9-16(25(26,2)3)15-11-19(31-32-24(15)26)23-17(27)5-4-6-18(23)28/h4-6,11-14,16,33H,7-10H2,1-3H3/t14-,16-,26-/m1/s1. The monoisotopic (exact) mass is 464 g/mol. The van der Waals surface area contributed by atoms with E-state index in [0.29, 0.717) is 12.1 Å². The van der Waals surface area contributed by atoms with Crippen molar-refractivity contribution in [2.24, 2.45) is 5.41 Å². The lowest BCUT2D eigenvalue weighted by atomic mass is 9.66. The Kier molecular flexibility index (Phi) is 5.31. The Morgan fingerprint density at radius 1 is 1.21 bits per heavy atom. The number of benzene rings is 1. The summed E-state index contributed by atoms with van der Waals surface area (Å²) in [4.78, 5) is 21.7. The third kappa shape index (κ3) is 3.19. The first-order chi connectivity index (χ1) is 16.2. The highest BCUT2D eigenvalue weighted by Crippen LogP contribution is 2.69. The molecule has 1 saturated carbocycles. The van der Waals surface area contributed by atoms with E-state index in [2.05, 4.69) is 29.0 Å². The van der Waals surface area contributed by atoms with Crippen LogP contribution in [0.25, 0.3) is 11.3 Å². The molecule has 3 aromatic rings. The highest BCUT2D eigenvalue weighted by atomic mass is 19.1. The molecule has 0 unspecified atom stereocenters. The number of ketones is 1. The Hall–Kier alpha value is -3.13. The van der Waals surface area contributed by atoms with Crippen LogP contribution in [0, 0.1) is 17.0 Å². The molecule has 1 aromatic carbocycles. The number of aliphatic hydroxyl groups excluding tert-OH is 1. The molecule has 6 nitrogen and oxygen atoms in total. The lowest BCUT2D eigenvalue weighted by Gasteiger charge is -2.37. The van der Waals surface area contributed by atoms with Gasteiger partial charge in [-0.2, -0.15) is 5.10 Å². The van der Waals surface area contributed by atoms with Crippen molar-refractivity contribution in [2.75, 3.05) is 0 Å². The molecule has 176 valence electrons. The van der Waals surface area contributed by atoms with E-state index < -0.39 is 23.2 Å². The van der Waals surface area contributed by atoms with Gasteiger partial charge in [-0.15, -0.1) is 5.10 Å². The second-order valence-electron chi connectivity index (χ2n) is 9.95. The van der Waals surface area contributed by atoms with Crippen LogP contribution in [0.4, 0.5) is 8.78 Å². The van der Waals surface area contributed by atoms with Crippen molar-refractivity contribution in [3.05, 3.63) is 70.9 Å². The molecule has 8 heteroatoms. The molecule has 2 bridgehead atoms. The molecule has 1 N–H and O–H groups in total. The van der Waals surface area contributed by atoms with Crippen LogP contribution in [0.15, 0.2) is 36.7 Å². The predicted molar refractivity (Wildman–Crippen MR) is 121 cm³/mol. The number of hydrogen-bond donors (Lipinski definition) is 1. The molecule has 0 radical (unpaired) electrons. The minimum atomic E-state index is -0.680. The summed E-state index contributed by atoms with van der Waals surface area (Å²) in [6, 6.07) is 5.49. The van der Waals surface area contributed by atoms with Crippen LogP contribution in [0.3, 0.4) is 0 Å². The topological polar surface area (TPSA) is 88.9 Å². The number of rotatable bonds is 6. The molecule has 0 spiro atoms. The molecular weight excluding hydrogens is 438 g/mol. The molecule has 3 atom stereocenters. The van der Waals surface area contributed by atoms with Crippen LogP contribution >= 0.6 is 0 Å². The number of carbonyl (C=O) groups is 1. The van der Waals surface area contributed by atoms with Crippen LogP contribution in [0.2, 0.25) is 0 Å². The number of fused-ring (bicyclic) bond motifs is 5. The fourth-order valence-electron chi connectivity index (χ4n) is 5.93. The lowest BCUT2D eigenvalue weighted by molar-refractivity contribution is 0.0943. The van der Waals surface area contributed by atoms with E-state index >= 15 is 0 Å². The summed E-state index contributed by atoms with van der Waals surface area (Å²) >= 11 is 0. The summed E-state index contributed by atoms with van der Waals surface area (Å²) in [5.74, 6) is -1.43. The van der Waals surface area contributed by atoms with Crippen LogP contribution in [-0.4, -0.2) is 37.2 Å². The van der Waals surface area contributed by atoms with Crippen molar-refractivity contribution in [1.29, 1.82) is 0 Å². The third-order valence-corrected chi connectivity index (χ3v) is 7.75. The molecule has 2 heterocycles. The number of halogens is 2. The first kappa shape index (κ1) is 22.7. The van der Waals surface area contributed by atoms with Gasteiger partial charge in [0.15, 0.2) is 5.78 Å². The minimum Gasteiger partial charge on any atom is -0.393 e. The Bertz CT molecular complexity index is 1270. The van der Waals surface area contributed by atoms with Gasteiger partial charge in [0.1, 0.15) is 17.3 Å². The number of hydrogen-bond acceptors (Lipinski definition) is 6. The summed E-state index contributed by atoms with van der Waals surface area (Å²) in [5, 5.41) is 18.3. The van der Waals surface area contributed by atoms with Gasteiger partial charge in [0.2, 0.25) is 0 Å². The van der Waals surface area contributed by atoms with Crippen molar-refractivity contribution in [1.82, 2.24) is 20.2 Å². The van der Waals surface area contributed by atoms with E-state index in [0.717, 1.165) is 24.1 Å². The van der Waals surface area contributed by atoms with E-state index in [-0.39, 0.29) is 40.5 Å². The number of aliphatic hydroxyl groups is 1. The maximum Gasteiger partial charge on any atom is 0.182 e.